The van der Waals surface area contributed by atoms with Gasteiger partial charge in [0, 0.05) is 19.5 Å². The standard InChI is InChI=1S/C25H26FN5O5.CO2/c1-17(32)7-9-20-16-28(25(35)36-20)19-8-10-22(21(26)15-19)27-11-13-29-23(33)31(18-5-3-2-4-6-18)24(34)30(29)14-12-27;2-1-3/h2-6,8,10,15,20H,7,9,11-14,16H2,1H3;/t20-;/m0./s1. The third-order valence-electron chi connectivity index (χ3n) is 6.57. The van der Waals surface area contributed by atoms with E-state index in [1.807, 2.05) is 6.07 Å². The molecule has 0 N–H and O–H groups in total. The zero-order chi connectivity index (χ0) is 28.1. The molecule has 2 aromatic carbocycles. The number of hydrogen-bond acceptors (Lipinski definition) is 8. The molecule has 0 unspecified atom stereocenters. The predicted octanol–water partition coefficient (Wildman–Crippen LogP) is 1.57. The molecule has 39 heavy (non-hydrogen) atoms. The van der Waals surface area contributed by atoms with Gasteiger partial charge < -0.3 is 14.4 Å². The molecule has 0 bridgehead atoms. The summed E-state index contributed by atoms with van der Waals surface area (Å²) in [6.45, 7) is 2.82. The van der Waals surface area contributed by atoms with Gasteiger partial charge in [0.15, 0.2) is 0 Å². The highest BCUT2D eigenvalue weighted by Gasteiger charge is 2.33. The van der Waals surface area contributed by atoms with E-state index < -0.39 is 29.4 Å². The fourth-order valence-corrected chi connectivity index (χ4v) is 4.70. The zero-order valence-corrected chi connectivity index (χ0v) is 21.1. The molecule has 12 nitrogen and oxygen atoms in total. The zero-order valence-electron chi connectivity index (χ0n) is 21.1. The maximum absolute atomic E-state index is 15.2. The minimum Gasteiger partial charge on any atom is -0.444 e. The van der Waals surface area contributed by atoms with E-state index in [4.69, 9.17) is 14.3 Å². The van der Waals surface area contributed by atoms with Gasteiger partial charge in [0.25, 0.3) is 0 Å². The van der Waals surface area contributed by atoms with Crippen molar-refractivity contribution in [1.82, 2.24) is 13.9 Å². The van der Waals surface area contributed by atoms with Crippen molar-refractivity contribution in [3.05, 3.63) is 75.3 Å². The van der Waals surface area contributed by atoms with E-state index in [-0.39, 0.29) is 31.6 Å². The molecule has 2 aliphatic rings. The normalized spacial score (nSPS) is 16.5. The van der Waals surface area contributed by atoms with Crippen LogP contribution in [0.2, 0.25) is 0 Å². The van der Waals surface area contributed by atoms with E-state index in [0.717, 1.165) is 4.57 Å². The summed E-state index contributed by atoms with van der Waals surface area (Å²) in [4.78, 5) is 68.8. The van der Waals surface area contributed by atoms with Crippen LogP contribution in [0.4, 0.5) is 20.6 Å². The first kappa shape index (κ1) is 27.3. The van der Waals surface area contributed by atoms with Crippen LogP contribution in [0.1, 0.15) is 19.8 Å². The minimum absolute atomic E-state index is 0.0188. The first-order valence-electron chi connectivity index (χ1n) is 12.2. The number of amides is 1. The molecule has 0 saturated carbocycles. The summed E-state index contributed by atoms with van der Waals surface area (Å²) in [6, 6.07) is 13.3. The van der Waals surface area contributed by atoms with Crippen LogP contribution in [0.25, 0.3) is 5.69 Å². The molecule has 1 fully saturated rings. The van der Waals surface area contributed by atoms with E-state index in [9.17, 15) is 19.2 Å². The Balaban J connectivity index is 0.00000112. The molecule has 1 aromatic heterocycles. The molecule has 204 valence electrons. The number of ketones is 1. The third kappa shape index (κ3) is 5.73. The molecule has 1 atom stereocenters. The smallest absolute Gasteiger partial charge is 0.414 e. The Hall–Kier alpha value is -4.77. The molecular formula is C26H26FN5O7. The molecule has 5 rings (SSSR count). The fraction of sp³-hybridized carbons (Fsp3) is 0.346. The molecule has 3 heterocycles. The number of ether oxygens (including phenoxy) is 1. The van der Waals surface area contributed by atoms with Gasteiger partial charge in [-0.25, -0.2) is 32.7 Å². The Morgan fingerprint density at radius 3 is 2.13 bits per heavy atom. The van der Waals surface area contributed by atoms with Gasteiger partial charge in [0.05, 0.1) is 36.7 Å². The number of cyclic esters (lactones) is 1. The summed E-state index contributed by atoms with van der Waals surface area (Å²) in [5.41, 5.74) is 0.325. The second kappa shape index (κ2) is 11.7. The van der Waals surface area contributed by atoms with Crippen molar-refractivity contribution in [2.24, 2.45) is 0 Å². The van der Waals surface area contributed by atoms with Gasteiger partial charge in [-0.15, -0.1) is 0 Å². The number of rotatable bonds is 6. The number of Topliss-reactive ketones (excluding diaryl/α,β-unsaturated/α-hetero) is 1. The Morgan fingerprint density at radius 1 is 0.949 bits per heavy atom. The van der Waals surface area contributed by atoms with Gasteiger partial charge in [-0.3, -0.25) is 4.90 Å². The number of para-hydroxylation sites is 1. The van der Waals surface area contributed by atoms with Crippen LogP contribution in [0.5, 0.6) is 0 Å². The Kier molecular flexibility index (Phi) is 8.21. The predicted molar refractivity (Wildman–Crippen MR) is 135 cm³/mol. The summed E-state index contributed by atoms with van der Waals surface area (Å²) >= 11 is 0. The number of carbonyl (C=O) groups excluding carboxylic acids is 4. The number of aromatic nitrogens is 3. The molecule has 3 aromatic rings. The Bertz CT molecular complexity index is 1480. The van der Waals surface area contributed by atoms with E-state index in [0.29, 0.717) is 43.0 Å². The Labute approximate surface area is 221 Å². The molecule has 13 heteroatoms. The number of carbonyl (C=O) groups is 2. The highest BCUT2D eigenvalue weighted by Crippen LogP contribution is 2.29. The topological polar surface area (TPSA) is 133 Å². The SMILES string of the molecule is CC(=O)CC[C@H]1CN(c2ccc(N3CCn4c(=O)n(-c5ccccc5)c(=O)n4CC3)c(F)c2)C(=O)O1.O=C=O. The highest BCUT2D eigenvalue weighted by molar-refractivity contribution is 5.90. The summed E-state index contributed by atoms with van der Waals surface area (Å²) in [7, 11) is 0. The van der Waals surface area contributed by atoms with Crippen LogP contribution >= 0.6 is 0 Å². The lowest BCUT2D eigenvalue weighted by Crippen LogP contribution is -2.33. The molecule has 1 saturated heterocycles. The van der Waals surface area contributed by atoms with Crippen molar-refractivity contribution in [2.45, 2.75) is 39.0 Å². The van der Waals surface area contributed by atoms with Crippen molar-refractivity contribution in [3.8, 4) is 5.69 Å². The summed E-state index contributed by atoms with van der Waals surface area (Å²) in [5.74, 6) is -0.501. The quantitative estimate of drug-likeness (QED) is 0.461. The molecule has 1 amide bonds. The van der Waals surface area contributed by atoms with Crippen LogP contribution in [0, 0.1) is 5.82 Å². The Morgan fingerprint density at radius 2 is 1.56 bits per heavy atom. The first-order valence-corrected chi connectivity index (χ1v) is 12.2. The number of hydrogen-bond donors (Lipinski definition) is 0. The van der Waals surface area contributed by atoms with Crippen molar-refractivity contribution in [3.63, 3.8) is 0 Å². The number of anilines is 2. The van der Waals surface area contributed by atoms with Crippen molar-refractivity contribution in [1.29, 1.82) is 0 Å². The van der Waals surface area contributed by atoms with Crippen LogP contribution in [0.3, 0.4) is 0 Å². The third-order valence-corrected chi connectivity index (χ3v) is 6.57. The highest BCUT2D eigenvalue weighted by atomic mass is 19.1. The van der Waals surface area contributed by atoms with Gasteiger partial charge in [0.2, 0.25) is 0 Å². The molecular weight excluding hydrogens is 513 g/mol. The summed E-state index contributed by atoms with van der Waals surface area (Å²) in [6.07, 6.45) is 0.00974. The molecule has 0 spiro atoms. The van der Waals surface area contributed by atoms with Gasteiger partial charge in [-0.05, 0) is 43.7 Å². The number of nitrogens with zero attached hydrogens (tertiary/aromatic N) is 5. The van der Waals surface area contributed by atoms with Gasteiger partial charge in [0.1, 0.15) is 17.7 Å². The molecule has 0 radical (unpaired) electrons. The van der Waals surface area contributed by atoms with Gasteiger partial charge in [-0.2, -0.15) is 9.59 Å². The minimum atomic E-state index is -0.570. The molecule has 0 aliphatic carbocycles. The fourth-order valence-electron chi connectivity index (χ4n) is 4.70. The van der Waals surface area contributed by atoms with Crippen LogP contribution in [-0.4, -0.2) is 57.7 Å². The second-order valence-corrected chi connectivity index (χ2v) is 9.05. The summed E-state index contributed by atoms with van der Waals surface area (Å²) in [5, 5.41) is 0. The number of benzene rings is 2. The van der Waals surface area contributed by atoms with Crippen LogP contribution < -0.4 is 21.2 Å². The lowest BCUT2D eigenvalue weighted by atomic mass is 10.1. The van der Waals surface area contributed by atoms with E-state index in [1.54, 1.807) is 41.3 Å². The lowest BCUT2D eigenvalue weighted by Gasteiger charge is -2.23. The van der Waals surface area contributed by atoms with Gasteiger partial charge >= 0.3 is 23.6 Å². The second-order valence-electron chi connectivity index (χ2n) is 9.05. The first-order chi connectivity index (χ1) is 18.7. The number of halogens is 1. The molecule has 2 aliphatic heterocycles. The average Bonchev–Trinajstić information content (AvgIpc) is 3.28. The monoisotopic (exact) mass is 539 g/mol. The van der Waals surface area contributed by atoms with Crippen molar-refractivity contribution < 1.29 is 28.3 Å². The average molecular weight is 540 g/mol. The lowest BCUT2D eigenvalue weighted by molar-refractivity contribution is -0.191. The van der Waals surface area contributed by atoms with Crippen LogP contribution in [-0.2, 0) is 32.2 Å². The summed E-state index contributed by atoms with van der Waals surface area (Å²) < 4.78 is 24.4. The van der Waals surface area contributed by atoms with Gasteiger partial charge in [-0.1, -0.05) is 18.2 Å². The van der Waals surface area contributed by atoms with E-state index in [2.05, 4.69) is 0 Å². The van der Waals surface area contributed by atoms with E-state index in [1.165, 1.54) is 27.3 Å². The van der Waals surface area contributed by atoms with E-state index >= 15 is 4.39 Å². The maximum Gasteiger partial charge on any atom is 0.414 e. The van der Waals surface area contributed by atoms with Crippen molar-refractivity contribution in [2.75, 3.05) is 29.4 Å². The van der Waals surface area contributed by atoms with Crippen molar-refractivity contribution >= 4 is 29.4 Å². The number of fused-ring (bicyclic) bond motifs is 1. The largest absolute Gasteiger partial charge is 0.444 e. The maximum atomic E-state index is 15.2. The van der Waals surface area contributed by atoms with Crippen LogP contribution in [0.15, 0.2) is 58.1 Å².